The number of hydrogen-bond donors (Lipinski definition) is 5. The second-order valence-electron chi connectivity index (χ2n) is 15.5. The van der Waals surface area contributed by atoms with Crippen molar-refractivity contribution in [3.63, 3.8) is 0 Å². The molecule has 0 bridgehead atoms. The minimum absolute atomic E-state index is 0.0145. The third-order valence-electron chi connectivity index (χ3n) is 9.87. The van der Waals surface area contributed by atoms with E-state index in [1.54, 1.807) is 0 Å². The van der Waals surface area contributed by atoms with Crippen molar-refractivity contribution in [3.8, 4) is 5.75 Å². The fourth-order valence-electron chi connectivity index (χ4n) is 6.41. The first-order valence-electron chi connectivity index (χ1n) is 22.6. The molecule has 0 aliphatic carbocycles. The molecular formula is C44H70Cl2N2O16S. The lowest BCUT2D eigenvalue weighted by Gasteiger charge is -2.14. The van der Waals surface area contributed by atoms with E-state index in [9.17, 15) is 46.8 Å². The number of carboxylic acids is 2. The minimum atomic E-state index is -4.78. The molecular weight excluding hydrogens is 915 g/mol. The lowest BCUT2D eigenvalue weighted by atomic mass is 10.0. The summed E-state index contributed by atoms with van der Waals surface area (Å²) in [4.78, 5) is 70.1. The minimum Gasteiger partial charge on any atom is -0.481 e. The molecule has 0 fully saturated rings. The van der Waals surface area contributed by atoms with Crippen LogP contribution in [-0.2, 0) is 57.8 Å². The summed E-state index contributed by atoms with van der Waals surface area (Å²) in [5, 5.41) is 22.9. The highest BCUT2D eigenvalue weighted by molar-refractivity contribution is 7.86. The summed E-state index contributed by atoms with van der Waals surface area (Å²) in [6, 6.07) is 0.893. The number of carboxylic acid groups (broad SMARTS) is 2. The zero-order chi connectivity index (χ0) is 48.1. The molecule has 372 valence electrons. The molecule has 0 saturated carbocycles. The highest BCUT2D eigenvalue weighted by Crippen LogP contribution is 2.35. The van der Waals surface area contributed by atoms with Crippen molar-refractivity contribution in [1.82, 2.24) is 10.6 Å². The summed E-state index contributed by atoms with van der Waals surface area (Å²) in [6.07, 6.45) is 18.9. The Hall–Kier alpha value is -3.43. The second-order valence-corrected chi connectivity index (χ2v) is 17.8. The topological polar surface area (TPSA) is 267 Å². The first-order valence-corrected chi connectivity index (χ1v) is 24.8. The van der Waals surface area contributed by atoms with E-state index in [1.165, 1.54) is 57.8 Å². The van der Waals surface area contributed by atoms with Crippen LogP contribution in [0.2, 0.25) is 10.0 Å². The number of nitrogens with one attached hydrogen (secondary N) is 2. The standard InChI is InChI=1S/C44H70Cl2N2O16S/c45-34-30-36(46)43(38(31-34)65(57,58)59)64-42(54)33-63-29-27-61-25-23-47-40(51)32-62-28-26-60-24-17-18-35(49)21-22-37(44(55)56)48-39(50)19-15-13-11-9-7-5-3-1-2-4-6-8-10-12-14-16-20-41(52)53/h30-31,37H,1-29,32-33H2,(H,47,51)(H,48,50)(H,52,53)(H,55,56)(H,57,58,59)/t37-/m0/s1. The van der Waals surface area contributed by atoms with Crippen LogP contribution in [0.1, 0.15) is 141 Å². The molecule has 2 amide bonds. The van der Waals surface area contributed by atoms with Gasteiger partial charge in [0.05, 0.1) is 38.1 Å². The van der Waals surface area contributed by atoms with E-state index in [4.69, 9.17) is 52.0 Å². The van der Waals surface area contributed by atoms with E-state index >= 15 is 0 Å². The number of ketones is 1. The number of unbranched alkanes of at least 4 members (excludes halogenated alkanes) is 15. The van der Waals surface area contributed by atoms with Gasteiger partial charge in [0.15, 0.2) is 5.75 Å². The molecule has 0 heterocycles. The van der Waals surface area contributed by atoms with Crippen LogP contribution in [-0.4, -0.2) is 124 Å². The van der Waals surface area contributed by atoms with Gasteiger partial charge in [-0.15, -0.1) is 0 Å². The first-order chi connectivity index (χ1) is 31.1. The Morgan fingerprint density at radius 1 is 0.585 bits per heavy atom. The Labute approximate surface area is 393 Å². The molecule has 1 rings (SSSR count). The summed E-state index contributed by atoms with van der Waals surface area (Å²) in [5.74, 6) is -4.29. The molecule has 1 atom stereocenters. The molecule has 0 aliphatic rings. The normalized spacial score (nSPS) is 11.9. The highest BCUT2D eigenvalue weighted by atomic mass is 35.5. The Balaban J connectivity index is 1.96. The number of rotatable bonds is 43. The van der Waals surface area contributed by atoms with Gasteiger partial charge in [-0.05, 0) is 37.8 Å². The molecule has 0 aromatic heterocycles. The van der Waals surface area contributed by atoms with E-state index in [2.05, 4.69) is 10.6 Å². The predicted molar refractivity (Wildman–Crippen MR) is 242 cm³/mol. The fourth-order valence-corrected chi connectivity index (χ4v) is 7.72. The molecule has 1 aromatic carbocycles. The summed E-state index contributed by atoms with van der Waals surface area (Å²) in [5.41, 5.74) is 0. The number of carbonyl (C=O) groups excluding carboxylic acids is 4. The van der Waals surface area contributed by atoms with Crippen molar-refractivity contribution in [3.05, 3.63) is 22.2 Å². The van der Waals surface area contributed by atoms with Gasteiger partial charge in [-0.1, -0.05) is 113 Å². The van der Waals surface area contributed by atoms with Crippen molar-refractivity contribution in [2.24, 2.45) is 0 Å². The summed E-state index contributed by atoms with van der Waals surface area (Å²) in [6.45, 7) is 0.174. The Bertz CT molecular complexity index is 1670. The van der Waals surface area contributed by atoms with Gasteiger partial charge in [0.2, 0.25) is 11.8 Å². The summed E-state index contributed by atoms with van der Waals surface area (Å²) >= 11 is 11.6. The van der Waals surface area contributed by atoms with Crippen molar-refractivity contribution >= 4 is 68.8 Å². The van der Waals surface area contributed by atoms with Crippen LogP contribution >= 0.6 is 23.2 Å². The molecule has 0 saturated heterocycles. The van der Waals surface area contributed by atoms with Crippen LogP contribution in [0.5, 0.6) is 5.75 Å². The van der Waals surface area contributed by atoms with E-state index in [0.29, 0.717) is 12.8 Å². The van der Waals surface area contributed by atoms with Crippen molar-refractivity contribution in [2.45, 2.75) is 152 Å². The number of benzene rings is 1. The monoisotopic (exact) mass is 984 g/mol. The number of halogens is 2. The molecule has 0 unspecified atom stereocenters. The van der Waals surface area contributed by atoms with Crippen LogP contribution < -0.4 is 15.4 Å². The smallest absolute Gasteiger partial charge is 0.337 e. The number of Topliss-reactive ketones (excluding diaryl/α,β-unsaturated/α-hetero) is 1. The fraction of sp³-hybridized carbons (Fsp3) is 0.727. The van der Waals surface area contributed by atoms with Gasteiger partial charge in [-0.25, -0.2) is 9.59 Å². The molecule has 5 N–H and O–H groups in total. The van der Waals surface area contributed by atoms with Crippen LogP contribution in [0.4, 0.5) is 0 Å². The van der Waals surface area contributed by atoms with Crippen molar-refractivity contribution in [2.75, 3.05) is 59.4 Å². The van der Waals surface area contributed by atoms with Gasteiger partial charge < -0.3 is 44.5 Å². The number of esters is 1. The van der Waals surface area contributed by atoms with E-state index in [-0.39, 0.29) is 113 Å². The SMILES string of the molecule is O=C(O)CCCCCCCCCCCCCCCCCCC(=O)N[C@@H](CCC(=O)CCCOCCOCC(=O)NCCOCCOCC(=O)Oc1c(Cl)cc(Cl)cc1S(=O)(=O)O)C(=O)O. The van der Waals surface area contributed by atoms with Crippen molar-refractivity contribution < 1.29 is 75.6 Å². The molecule has 65 heavy (non-hydrogen) atoms. The van der Waals surface area contributed by atoms with E-state index < -0.39 is 51.3 Å². The van der Waals surface area contributed by atoms with E-state index in [0.717, 1.165) is 50.7 Å². The third-order valence-corrected chi connectivity index (χ3v) is 11.2. The van der Waals surface area contributed by atoms with Gasteiger partial charge in [0.25, 0.3) is 10.1 Å². The van der Waals surface area contributed by atoms with Crippen LogP contribution in [0.15, 0.2) is 17.0 Å². The lowest BCUT2D eigenvalue weighted by Crippen LogP contribution is -2.41. The Kier molecular flexibility index (Phi) is 34.5. The molecule has 21 heteroatoms. The Morgan fingerprint density at radius 2 is 1.09 bits per heavy atom. The predicted octanol–water partition coefficient (Wildman–Crippen LogP) is 7.13. The third kappa shape index (κ3) is 33.7. The average molecular weight is 986 g/mol. The van der Waals surface area contributed by atoms with Crippen LogP contribution in [0, 0.1) is 0 Å². The number of hydrogen-bond acceptors (Lipinski definition) is 13. The van der Waals surface area contributed by atoms with Gasteiger partial charge >= 0.3 is 17.9 Å². The number of aliphatic carboxylic acids is 2. The average Bonchev–Trinajstić information content (AvgIpc) is 3.23. The maximum atomic E-state index is 12.4. The quantitative estimate of drug-likeness (QED) is 0.0188. The van der Waals surface area contributed by atoms with E-state index in [1.807, 2.05) is 0 Å². The molecule has 0 radical (unpaired) electrons. The largest absolute Gasteiger partial charge is 0.481 e. The van der Waals surface area contributed by atoms with Crippen LogP contribution in [0.25, 0.3) is 0 Å². The summed E-state index contributed by atoms with van der Waals surface area (Å²) < 4.78 is 58.5. The first kappa shape index (κ1) is 59.6. The molecule has 1 aromatic rings. The zero-order valence-electron chi connectivity index (χ0n) is 37.5. The second kappa shape index (κ2) is 37.6. The van der Waals surface area contributed by atoms with Gasteiger partial charge in [0, 0.05) is 43.9 Å². The molecule has 18 nitrogen and oxygen atoms in total. The van der Waals surface area contributed by atoms with Gasteiger partial charge in [-0.2, -0.15) is 8.42 Å². The number of ether oxygens (including phenoxy) is 5. The molecule has 0 aliphatic heterocycles. The van der Waals surface area contributed by atoms with Crippen LogP contribution in [0.3, 0.4) is 0 Å². The number of carbonyl (C=O) groups is 6. The summed E-state index contributed by atoms with van der Waals surface area (Å²) in [7, 11) is -4.78. The number of amides is 2. The maximum absolute atomic E-state index is 12.4. The Morgan fingerprint density at radius 3 is 1.63 bits per heavy atom. The zero-order valence-corrected chi connectivity index (χ0v) is 39.8. The molecule has 0 spiro atoms. The van der Waals surface area contributed by atoms with Crippen molar-refractivity contribution in [1.29, 1.82) is 0 Å². The lowest BCUT2D eigenvalue weighted by molar-refractivity contribution is -0.142. The maximum Gasteiger partial charge on any atom is 0.337 e. The van der Waals surface area contributed by atoms with Gasteiger partial charge in [-0.3, -0.25) is 23.7 Å². The highest BCUT2D eigenvalue weighted by Gasteiger charge is 2.24. The van der Waals surface area contributed by atoms with Gasteiger partial charge in [0.1, 0.15) is 29.9 Å².